The number of ether oxygens (including phenoxy) is 1. The van der Waals surface area contributed by atoms with Crippen LogP contribution in [0.5, 0.6) is 0 Å². The number of aliphatic hydroxyl groups is 1. The van der Waals surface area contributed by atoms with Crippen molar-refractivity contribution in [3.05, 3.63) is 34.6 Å². The molecule has 6 heteroatoms. The van der Waals surface area contributed by atoms with Crippen LogP contribution in [-0.2, 0) is 4.74 Å². The predicted octanol–water partition coefficient (Wildman–Crippen LogP) is 1.22. The van der Waals surface area contributed by atoms with Crippen molar-refractivity contribution in [2.45, 2.75) is 0 Å². The average molecular weight is 262 g/mol. The Bertz CT molecular complexity index is 387. The van der Waals surface area contributed by atoms with E-state index in [9.17, 15) is 9.18 Å². The summed E-state index contributed by atoms with van der Waals surface area (Å²) in [5.74, 6) is -0.875. The minimum atomic E-state index is -0.488. The van der Waals surface area contributed by atoms with Gasteiger partial charge in [0.2, 0.25) is 0 Å². The molecule has 0 atom stereocenters. The van der Waals surface area contributed by atoms with Crippen LogP contribution >= 0.6 is 11.6 Å². The molecule has 2 N–H and O–H groups in total. The van der Waals surface area contributed by atoms with E-state index in [1.807, 2.05) is 0 Å². The molecule has 0 aliphatic rings. The van der Waals surface area contributed by atoms with Crippen LogP contribution in [0.25, 0.3) is 0 Å². The molecule has 17 heavy (non-hydrogen) atoms. The zero-order valence-corrected chi connectivity index (χ0v) is 9.84. The Balaban J connectivity index is 2.42. The van der Waals surface area contributed by atoms with Crippen molar-refractivity contribution >= 4 is 17.5 Å². The van der Waals surface area contributed by atoms with Crippen molar-refractivity contribution in [3.8, 4) is 0 Å². The van der Waals surface area contributed by atoms with Crippen LogP contribution in [0.4, 0.5) is 4.39 Å². The number of aliphatic hydroxyl groups excluding tert-OH is 1. The van der Waals surface area contributed by atoms with Crippen molar-refractivity contribution in [1.82, 2.24) is 5.32 Å². The molecule has 1 aromatic rings. The zero-order chi connectivity index (χ0) is 12.7. The van der Waals surface area contributed by atoms with Crippen LogP contribution in [-0.4, -0.2) is 37.4 Å². The summed E-state index contributed by atoms with van der Waals surface area (Å²) in [6, 6.07) is 3.57. The average Bonchev–Trinajstić information content (AvgIpc) is 2.28. The highest BCUT2D eigenvalue weighted by Gasteiger charge is 2.10. The minimum absolute atomic E-state index is 0.0578. The van der Waals surface area contributed by atoms with Crippen LogP contribution in [0.1, 0.15) is 10.4 Å². The summed E-state index contributed by atoms with van der Waals surface area (Å²) in [6.07, 6.45) is 0. The molecular formula is C11H13ClFNO3. The highest BCUT2D eigenvalue weighted by molar-refractivity contribution is 6.33. The lowest BCUT2D eigenvalue weighted by Gasteiger charge is -2.07. The SMILES string of the molecule is O=C(NCCOCCO)c1ccc(F)cc1Cl. The quantitative estimate of drug-likeness (QED) is 0.757. The summed E-state index contributed by atoms with van der Waals surface area (Å²) in [5.41, 5.74) is 0.218. The van der Waals surface area contributed by atoms with Gasteiger partial charge in [0.25, 0.3) is 5.91 Å². The number of carbonyl (C=O) groups excluding carboxylic acids is 1. The fraction of sp³-hybridized carbons (Fsp3) is 0.364. The number of hydrogen-bond acceptors (Lipinski definition) is 3. The molecule has 94 valence electrons. The first-order chi connectivity index (χ1) is 8.15. The first kappa shape index (κ1) is 13.9. The van der Waals surface area contributed by atoms with Crippen molar-refractivity contribution in [1.29, 1.82) is 0 Å². The normalized spacial score (nSPS) is 10.3. The van der Waals surface area contributed by atoms with E-state index < -0.39 is 5.82 Å². The van der Waals surface area contributed by atoms with Gasteiger partial charge in [0.05, 0.1) is 30.4 Å². The fourth-order valence-corrected chi connectivity index (χ4v) is 1.43. The molecule has 1 rings (SSSR count). The lowest BCUT2D eigenvalue weighted by atomic mass is 10.2. The van der Waals surface area contributed by atoms with E-state index in [1.54, 1.807) is 0 Å². The molecule has 0 saturated carbocycles. The summed E-state index contributed by atoms with van der Waals surface area (Å²) in [5, 5.41) is 11.1. The first-order valence-electron chi connectivity index (χ1n) is 5.07. The molecule has 0 bridgehead atoms. The third-order valence-corrected chi connectivity index (χ3v) is 2.26. The maximum Gasteiger partial charge on any atom is 0.252 e. The largest absolute Gasteiger partial charge is 0.394 e. The van der Waals surface area contributed by atoms with Gasteiger partial charge in [-0.25, -0.2) is 4.39 Å². The van der Waals surface area contributed by atoms with Gasteiger partial charge in [-0.05, 0) is 18.2 Å². The number of rotatable bonds is 6. The smallest absolute Gasteiger partial charge is 0.252 e. The van der Waals surface area contributed by atoms with E-state index in [0.29, 0.717) is 13.2 Å². The number of carbonyl (C=O) groups is 1. The molecular weight excluding hydrogens is 249 g/mol. The molecule has 0 fully saturated rings. The summed E-state index contributed by atoms with van der Waals surface area (Å²) < 4.78 is 17.7. The Kier molecular flexibility index (Phi) is 5.90. The Labute approximate surface area is 103 Å². The Hall–Kier alpha value is -1.17. The van der Waals surface area contributed by atoms with Gasteiger partial charge < -0.3 is 15.2 Å². The molecule has 0 heterocycles. The number of hydrogen-bond donors (Lipinski definition) is 2. The Morgan fingerprint density at radius 2 is 2.24 bits per heavy atom. The minimum Gasteiger partial charge on any atom is -0.394 e. The van der Waals surface area contributed by atoms with Crippen molar-refractivity contribution in [2.24, 2.45) is 0 Å². The van der Waals surface area contributed by atoms with Gasteiger partial charge in [-0.3, -0.25) is 4.79 Å². The molecule has 0 unspecified atom stereocenters. The van der Waals surface area contributed by atoms with Crippen LogP contribution in [0.15, 0.2) is 18.2 Å². The summed E-state index contributed by atoms with van der Waals surface area (Å²) in [4.78, 5) is 11.6. The third kappa shape index (κ3) is 4.68. The third-order valence-electron chi connectivity index (χ3n) is 1.94. The lowest BCUT2D eigenvalue weighted by Crippen LogP contribution is -2.27. The Morgan fingerprint density at radius 3 is 2.88 bits per heavy atom. The highest BCUT2D eigenvalue weighted by Crippen LogP contribution is 2.16. The molecule has 1 aromatic carbocycles. The van der Waals surface area contributed by atoms with Gasteiger partial charge in [-0.15, -0.1) is 0 Å². The molecule has 0 spiro atoms. The van der Waals surface area contributed by atoms with E-state index >= 15 is 0 Å². The Morgan fingerprint density at radius 1 is 1.47 bits per heavy atom. The molecule has 0 radical (unpaired) electrons. The fourth-order valence-electron chi connectivity index (χ4n) is 1.17. The molecule has 0 saturated heterocycles. The standard InChI is InChI=1S/C11H13ClFNO3/c12-10-7-8(13)1-2-9(10)11(16)14-3-5-17-6-4-15/h1-2,7,15H,3-6H2,(H,14,16). The second kappa shape index (κ2) is 7.21. The predicted molar refractivity (Wildman–Crippen MR) is 61.6 cm³/mol. The molecule has 4 nitrogen and oxygen atoms in total. The monoisotopic (exact) mass is 261 g/mol. The van der Waals surface area contributed by atoms with Crippen molar-refractivity contribution in [2.75, 3.05) is 26.4 Å². The topological polar surface area (TPSA) is 58.6 Å². The number of nitrogens with one attached hydrogen (secondary N) is 1. The number of benzene rings is 1. The van der Waals surface area contributed by atoms with E-state index in [1.165, 1.54) is 12.1 Å². The highest BCUT2D eigenvalue weighted by atomic mass is 35.5. The summed E-state index contributed by atoms with van der Waals surface area (Å²) in [6.45, 7) is 0.766. The van der Waals surface area contributed by atoms with Gasteiger partial charge >= 0.3 is 0 Å². The number of halogens is 2. The van der Waals surface area contributed by atoms with Crippen LogP contribution < -0.4 is 5.32 Å². The van der Waals surface area contributed by atoms with Gasteiger partial charge in [0.15, 0.2) is 0 Å². The second-order valence-corrected chi connectivity index (χ2v) is 3.62. The molecule has 0 aliphatic heterocycles. The first-order valence-corrected chi connectivity index (χ1v) is 5.45. The van der Waals surface area contributed by atoms with Crippen molar-refractivity contribution < 1.29 is 19.0 Å². The van der Waals surface area contributed by atoms with Crippen molar-refractivity contribution in [3.63, 3.8) is 0 Å². The van der Waals surface area contributed by atoms with Gasteiger partial charge in [-0.1, -0.05) is 11.6 Å². The molecule has 0 aliphatic carbocycles. The van der Waals surface area contributed by atoms with Crippen LogP contribution in [0, 0.1) is 5.82 Å². The van der Waals surface area contributed by atoms with Gasteiger partial charge in [0.1, 0.15) is 5.82 Å². The lowest BCUT2D eigenvalue weighted by molar-refractivity contribution is 0.0838. The van der Waals surface area contributed by atoms with E-state index in [-0.39, 0.29) is 29.7 Å². The van der Waals surface area contributed by atoms with E-state index in [4.69, 9.17) is 21.4 Å². The second-order valence-electron chi connectivity index (χ2n) is 3.22. The van der Waals surface area contributed by atoms with Gasteiger partial charge in [-0.2, -0.15) is 0 Å². The maximum absolute atomic E-state index is 12.7. The number of amides is 1. The van der Waals surface area contributed by atoms with Gasteiger partial charge in [0, 0.05) is 6.54 Å². The van der Waals surface area contributed by atoms with Crippen LogP contribution in [0.3, 0.4) is 0 Å². The molecule has 0 aromatic heterocycles. The van der Waals surface area contributed by atoms with Crippen LogP contribution in [0.2, 0.25) is 5.02 Å². The molecule has 1 amide bonds. The van der Waals surface area contributed by atoms with E-state index in [0.717, 1.165) is 6.07 Å². The van der Waals surface area contributed by atoms with E-state index in [2.05, 4.69) is 5.32 Å². The zero-order valence-electron chi connectivity index (χ0n) is 9.08. The summed E-state index contributed by atoms with van der Waals surface area (Å²) in [7, 11) is 0. The summed E-state index contributed by atoms with van der Waals surface area (Å²) >= 11 is 5.72. The maximum atomic E-state index is 12.7.